The summed E-state index contributed by atoms with van der Waals surface area (Å²) < 4.78 is 10.9. The second-order valence-electron chi connectivity index (χ2n) is 6.81. The van der Waals surface area contributed by atoms with Gasteiger partial charge in [0.05, 0.1) is 12.7 Å². The molecule has 2 amide bonds. The van der Waals surface area contributed by atoms with Gasteiger partial charge in [-0.05, 0) is 30.3 Å². The summed E-state index contributed by atoms with van der Waals surface area (Å²) in [5.74, 6) is 1.39. The van der Waals surface area contributed by atoms with E-state index in [-0.39, 0.29) is 18.4 Å². The summed E-state index contributed by atoms with van der Waals surface area (Å²) in [6.45, 7) is 2.30. The zero-order valence-electron chi connectivity index (χ0n) is 15.8. The highest BCUT2D eigenvalue weighted by Gasteiger charge is 2.28. The molecule has 1 fully saturated rings. The first-order chi connectivity index (χ1) is 13.7. The lowest BCUT2D eigenvalue weighted by atomic mass is 10.1. The SMILES string of the molecule is COc1cccc(C(=O)N2CCN(C(=O)C3=Cc4ccccc4OC3)CC2)c1. The molecule has 28 heavy (non-hydrogen) atoms. The second-order valence-corrected chi connectivity index (χ2v) is 6.81. The maximum Gasteiger partial charge on any atom is 0.254 e. The third kappa shape index (κ3) is 3.58. The van der Waals surface area contributed by atoms with E-state index in [0.29, 0.717) is 43.1 Å². The van der Waals surface area contributed by atoms with Crippen LogP contribution in [0.3, 0.4) is 0 Å². The van der Waals surface area contributed by atoms with E-state index in [0.717, 1.165) is 11.3 Å². The van der Waals surface area contributed by atoms with E-state index >= 15 is 0 Å². The fourth-order valence-corrected chi connectivity index (χ4v) is 3.49. The molecular weight excluding hydrogens is 356 g/mol. The Labute approximate surface area is 164 Å². The largest absolute Gasteiger partial charge is 0.497 e. The second kappa shape index (κ2) is 7.76. The van der Waals surface area contributed by atoms with E-state index < -0.39 is 0 Å². The molecule has 0 atom stereocenters. The molecule has 0 unspecified atom stereocenters. The Kier molecular flexibility index (Phi) is 5.02. The maximum atomic E-state index is 12.9. The zero-order valence-corrected chi connectivity index (χ0v) is 15.8. The topological polar surface area (TPSA) is 59.1 Å². The first-order valence-electron chi connectivity index (χ1n) is 9.31. The summed E-state index contributed by atoms with van der Waals surface area (Å²) in [7, 11) is 1.58. The number of amides is 2. The summed E-state index contributed by atoms with van der Waals surface area (Å²) in [6.07, 6.45) is 1.90. The highest BCUT2D eigenvalue weighted by Crippen LogP contribution is 2.26. The summed E-state index contributed by atoms with van der Waals surface area (Å²) in [4.78, 5) is 29.1. The number of ether oxygens (including phenoxy) is 2. The van der Waals surface area contributed by atoms with Gasteiger partial charge in [-0.3, -0.25) is 9.59 Å². The van der Waals surface area contributed by atoms with E-state index in [9.17, 15) is 9.59 Å². The van der Waals surface area contributed by atoms with Crippen LogP contribution in [-0.4, -0.2) is 61.5 Å². The number of methoxy groups -OCH3 is 1. The van der Waals surface area contributed by atoms with Gasteiger partial charge in [0, 0.05) is 37.3 Å². The molecule has 2 aromatic carbocycles. The standard InChI is InChI=1S/C22H22N2O4/c1-27-19-7-4-6-17(14-19)21(25)23-9-11-24(12-10-23)22(26)18-13-16-5-2-3-8-20(16)28-15-18/h2-8,13-14H,9-12,15H2,1H3. The van der Waals surface area contributed by atoms with Gasteiger partial charge < -0.3 is 19.3 Å². The molecule has 0 spiro atoms. The number of para-hydroxylation sites is 1. The first-order valence-corrected chi connectivity index (χ1v) is 9.31. The van der Waals surface area contributed by atoms with Crippen molar-refractivity contribution >= 4 is 17.9 Å². The number of piperazine rings is 1. The Morgan fingerprint density at radius 1 is 0.929 bits per heavy atom. The quantitative estimate of drug-likeness (QED) is 0.823. The lowest BCUT2D eigenvalue weighted by molar-refractivity contribution is -0.128. The van der Waals surface area contributed by atoms with Gasteiger partial charge in [-0.15, -0.1) is 0 Å². The first kappa shape index (κ1) is 18.1. The number of fused-ring (bicyclic) bond motifs is 1. The molecule has 0 bridgehead atoms. The molecule has 0 saturated carbocycles. The number of carbonyl (C=O) groups is 2. The molecule has 2 heterocycles. The third-order valence-corrected chi connectivity index (χ3v) is 5.08. The minimum Gasteiger partial charge on any atom is -0.497 e. The summed E-state index contributed by atoms with van der Waals surface area (Å²) in [5.41, 5.74) is 2.16. The van der Waals surface area contributed by atoms with Crippen molar-refractivity contribution in [2.75, 3.05) is 39.9 Å². The van der Waals surface area contributed by atoms with Crippen molar-refractivity contribution < 1.29 is 19.1 Å². The summed E-state index contributed by atoms with van der Waals surface area (Å²) >= 11 is 0. The Hall–Kier alpha value is -3.28. The van der Waals surface area contributed by atoms with Crippen molar-refractivity contribution in [3.05, 3.63) is 65.2 Å². The zero-order chi connectivity index (χ0) is 19.5. The van der Waals surface area contributed by atoms with Crippen molar-refractivity contribution in [3.8, 4) is 11.5 Å². The Bertz CT molecular complexity index is 930. The van der Waals surface area contributed by atoms with E-state index in [1.54, 1.807) is 35.1 Å². The number of rotatable bonds is 3. The molecule has 6 nitrogen and oxygen atoms in total. The van der Waals surface area contributed by atoms with Crippen molar-refractivity contribution in [1.29, 1.82) is 0 Å². The van der Waals surface area contributed by atoms with Gasteiger partial charge in [0.2, 0.25) is 0 Å². The molecule has 2 aliphatic rings. The van der Waals surface area contributed by atoms with Crippen LogP contribution in [0.4, 0.5) is 0 Å². The van der Waals surface area contributed by atoms with Crippen LogP contribution in [0.2, 0.25) is 0 Å². The summed E-state index contributed by atoms with van der Waals surface area (Å²) in [6, 6.07) is 14.8. The van der Waals surface area contributed by atoms with Gasteiger partial charge >= 0.3 is 0 Å². The Morgan fingerprint density at radius 3 is 2.39 bits per heavy atom. The summed E-state index contributed by atoms with van der Waals surface area (Å²) in [5, 5.41) is 0. The molecule has 144 valence electrons. The normalized spacial score (nSPS) is 16.0. The molecule has 2 aromatic rings. The van der Waals surface area contributed by atoms with E-state index in [1.807, 2.05) is 36.4 Å². The van der Waals surface area contributed by atoms with Crippen molar-refractivity contribution in [2.45, 2.75) is 0 Å². The average molecular weight is 378 g/mol. The van der Waals surface area contributed by atoms with Gasteiger partial charge in [-0.1, -0.05) is 24.3 Å². The van der Waals surface area contributed by atoms with Crippen LogP contribution in [0, 0.1) is 0 Å². The van der Waals surface area contributed by atoms with Crippen LogP contribution in [0.25, 0.3) is 6.08 Å². The van der Waals surface area contributed by atoms with Crippen molar-refractivity contribution in [3.63, 3.8) is 0 Å². The van der Waals surface area contributed by atoms with Crippen LogP contribution in [0.5, 0.6) is 11.5 Å². The Morgan fingerprint density at radius 2 is 1.64 bits per heavy atom. The van der Waals surface area contributed by atoms with Crippen LogP contribution in [0.1, 0.15) is 15.9 Å². The molecule has 0 aliphatic carbocycles. The lowest BCUT2D eigenvalue weighted by Crippen LogP contribution is -2.51. The number of hydrogen-bond acceptors (Lipinski definition) is 4. The van der Waals surface area contributed by atoms with E-state index in [2.05, 4.69) is 0 Å². The molecular formula is C22H22N2O4. The van der Waals surface area contributed by atoms with Gasteiger partial charge in [0.15, 0.2) is 0 Å². The molecule has 2 aliphatic heterocycles. The number of nitrogens with zero attached hydrogens (tertiary/aromatic N) is 2. The number of carbonyl (C=O) groups excluding carboxylic acids is 2. The molecule has 0 radical (unpaired) electrons. The fraction of sp³-hybridized carbons (Fsp3) is 0.273. The maximum absolute atomic E-state index is 12.9. The third-order valence-electron chi connectivity index (χ3n) is 5.08. The van der Waals surface area contributed by atoms with Gasteiger partial charge in [0.1, 0.15) is 18.1 Å². The molecule has 0 N–H and O–H groups in total. The molecule has 0 aromatic heterocycles. The predicted octanol–water partition coefficient (Wildman–Crippen LogP) is 2.46. The lowest BCUT2D eigenvalue weighted by Gasteiger charge is -2.35. The van der Waals surface area contributed by atoms with Crippen molar-refractivity contribution in [1.82, 2.24) is 9.80 Å². The van der Waals surface area contributed by atoms with Gasteiger partial charge in [0.25, 0.3) is 11.8 Å². The van der Waals surface area contributed by atoms with Crippen molar-refractivity contribution in [2.24, 2.45) is 0 Å². The van der Waals surface area contributed by atoms with E-state index in [4.69, 9.17) is 9.47 Å². The highest BCUT2D eigenvalue weighted by molar-refractivity contribution is 5.99. The van der Waals surface area contributed by atoms with E-state index in [1.165, 1.54) is 0 Å². The molecule has 1 saturated heterocycles. The number of hydrogen-bond donors (Lipinski definition) is 0. The van der Waals surface area contributed by atoms with Crippen LogP contribution in [-0.2, 0) is 4.79 Å². The minimum absolute atomic E-state index is 0.0250. The molecule has 4 rings (SSSR count). The van der Waals surface area contributed by atoms with Crippen LogP contribution >= 0.6 is 0 Å². The van der Waals surface area contributed by atoms with Gasteiger partial charge in [-0.25, -0.2) is 0 Å². The molecule has 6 heteroatoms. The smallest absolute Gasteiger partial charge is 0.254 e. The Balaban J connectivity index is 1.39. The van der Waals surface area contributed by atoms with Crippen LogP contribution < -0.4 is 9.47 Å². The van der Waals surface area contributed by atoms with Gasteiger partial charge in [-0.2, -0.15) is 0 Å². The van der Waals surface area contributed by atoms with Crippen LogP contribution in [0.15, 0.2) is 54.1 Å². The average Bonchev–Trinajstić information content (AvgIpc) is 2.78. The fourth-order valence-electron chi connectivity index (χ4n) is 3.49. The monoisotopic (exact) mass is 378 g/mol. The highest BCUT2D eigenvalue weighted by atomic mass is 16.5. The predicted molar refractivity (Wildman–Crippen MR) is 105 cm³/mol. The number of benzene rings is 2. The minimum atomic E-state index is -0.0415.